The lowest BCUT2D eigenvalue weighted by Crippen LogP contribution is -2.54. The largest absolute Gasteiger partial charge is 0.465 e. The van der Waals surface area contributed by atoms with Crippen LogP contribution in [0.5, 0.6) is 0 Å². The summed E-state index contributed by atoms with van der Waals surface area (Å²) in [6.07, 6.45) is 2.23. The molecule has 2 heterocycles. The first kappa shape index (κ1) is 20.4. The van der Waals surface area contributed by atoms with Crippen molar-refractivity contribution in [3.8, 4) is 11.3 Å². The van der Waals surface area contributed by atoms with Gasteiger partial charge in [0.2, 0.25) is 0 Å². The molecule has 0 atom stereocenters. The molecule has 2 fully saturated rings. The standard InChI is InChI=1S/C23H21Cl2N3O3/c1-30-23(29)15-4-2-5-16(10-15)28-12-27(13-28)11-17-21(26-31-22(17)14-8-9-14)20-18(24)6-3-7-19(20)25/h2-7,10,14H,8-9,11-13H2,1H3. The molecule has 1 saturated carbocycles. The molecule has 0 spiro atoms. The normalized spacial score (nSPS) is 16.3. The summed E-state index contributed by atoms with van der Waals surface area (Å²) >= 11 is 12.9. The van der Waals surface area contributed by atoms with Gasteiger partial charge in [-0.1, -0.05) is 40.5 Å². The number of hydrogen-bond donors (Lipinski definition) is 0. The van der Waals surface area contributed by atoms with Crippen LogP contribution in [-0.2, 0) is 11.3 Å². The molecule has 1 aliphatic carbocycles. The van der Waals surface area contributed by atoms with Crippen molar-refractivity contribution < 1.29 is 14.1 Å². The van der Waals surface area contributed by atoms with Crippen LogP contribution >= 0.6 is 23.2 Å². The SMILES string of the molecule is COC(=O)c1cccc(N2CN(Cc3c(-c4c(Cl)cccc4Cl)noc3C3CC3)C2)c1. The molecule has 3 aromatic rings. The highest BCUT2D eigenvalue weighted by molar-refractivity contribution is 6.39. The number of benzene rings is 2. The molecule has 2 aliphatic rings. The first-order valence-corrected chi connectivity index (χ1v) is 10.9. The second kappa shape index (κ2) is 8.19. The van der Waals surface area contributed by atoms with E-state index < -0.39 is 0 Å². The van der Waals surface area contributed by atoms with Crippen LogP contribution in [0.1, 0.15) is 40.4 Å². The highest BCUT2D eigenvalue weighted by Crippen LogP contribution is 2.46. The van der Waals surface area contributed by atoms with Crippen LogP contribution in [0.2, 0.25) is 10.0 Å². The van der Waals surface area contributed by atoms with Crippen molar-refractivity contribution in [1.82, 2.24) is 10.1 Å². The molecule has 0 bridgehead atoms. The zero-order chi connectivity index (χ0) is 21.5. The summed E-state index contributed by atoms with van der Waals surface area (Å²) in [5.74, 6) is 1.03. The third-order valence-electron chi connectivity index (χ3n) is 5.72. The Kier molecular flexibility index (Phi) is 5.38. The molecule has 8 heteroatoms. The number of hydrogen-bond acceptors (Lipinski definition) is 6. The van der Waals surface area contributed by atoms with E-state index in [9.17, 15) is 4.79 Å². The Labute approximate surface area is 190 Å². The van der Waals surface area contributed by atoms with Crippen molar-refractivity contribution in [3.05, 3.63) is 69.4 Å². The first-order chi connectivity index (χ1) is 15.0. The summed E-state index contributed by atoms with van der Waals surface area (Å²) in [5, 5.41) is 5.49. The lowest BCUT2D eigenvalue weighted by molar-refractivity contribution is 0.0600. The maximum absolute atomic E-state index is 11.8. The predicted octanol–water partition coefficient (Wildman–Crippen LogP) is 5.55. The molecule has 2 aromatic carbocycles. The Morgan fingerprint density at radius 3 is 2.55 bits per heavy atom. The van der Waals surface area contributed by atoms with Gasteiger partial charge in [0.25, 0.3) is 0 Å². The maximum Gasteiger partial charge on any atom is 0.337 e. The van der Waals surface area contributed by atoms with Crippen molar-refractivity contribution in [2.75, 3.05) is 25.3 Å². The number of aromatic nitrogens is 1. The van der Waals surface area contributed by atoms with Gasteiger partial charge in [0, 0.05) is 29.3 Å². The minimum atomic E-state index is -0.334. The Morgan fingerprint density at radius 1 is 1.16 bits per heavy atom. The number of carbonyl (C=O) groups is 1. The van der Waals surface area contributed by atoms with Crippen molar-refractivity contribution >= 4 is 34.9 Å². The van der Waals surface area contributed by atoms with Gasteiger partial charge in [-0.3, -0.25) is 4.90 Å². The summed E-state index contributed by atoms with van der Waals surface area (Å²) in [6.45, 7) is 2.16. The summed E-state index contributed by atoms with van der Waals surface area (Å²) in [5.41, 5.74) is 4.04. The molecule has 1 saturated heterocycles. The summed E-state index contributed by atoms with van der Waals surface area (Å²) < 4.78 is 10.6. The minimum absolute atomic E-state index is 0.334. The van der Waals surface area contributed by atoms with E-state index in [0.717, 1.165) is 54.4 Å². The molecule has 31 heavy (non-hydrogen) atoms. The zero-order valence-corrected chi connectivity index (χ0v) is 18.5. The van der Waals surface area contributed by atoms with Gasteiger partial charge in [-0.15, -0.1) is 0 Å². The average molecular weight is 458 g/mol. The number of esters is 1. The average Bonchev–Trinajstić information content (AvgIpc) is 3.51. The summed E-state index contributed by atoms with van der Waals surface area (Å²) in [6, 6.07) is 12.9. The first-order valence-electron chi connectivity index (χ1n) is 10.1. The molecule has 0 radical (unpaired) electrons. The van der Waals surface area contributed by atoms with E-state index in [-0.39, 0.29) is 5.97 Å². The van der Waals surface area contributed by atoms with Crippen molar-refractivity contribution in [2.45, 2.75) is 25.3 Å². The highest BCUT2D eigenvalue weighted by atomic mass is 35.5. The Bertz CT molecular complexity index is 1120. The van der Waals surface area contributed by atoms with Gasteiger partial charge in [0.1, 0.15) is 11.5 Å². The van der Waals surface area contributed by atoms with Crippen LogP contribution in [0, 0.1) is 0 Å². The second-order valence-corrected chi connectivity index (χ2v) is 8.75. The van der Waals surface area contributed by atoms with Crippen LogP contribution in [0.15, 0.2) is 47.0 Å². The quantitative estimate of drug-likeness (QED) is 0.452. The molecule has 0 unspecified atom stereocenters. The van der Waals surface area contributed by atoms with Gasteiger partial charge in [-0.05, 0) is 43.2 Å². The summed E-state index contributed by atoms with van der Waals surface area (Å²) in [4.78, 5) is 16.3. The maximum atomic E-state index is 11.8. The van der Waals surface area contributed by atoms with Gasteiger partial charge in [-0.25, -0.2) is 4.79 Å². The van der Waals surface area contributed by atoms with E-state index >= 15 is 0 Å². The van der Waals surface area contributed by atoms with Crippen LogP contribution in [0.3, 0.4) is 0 Å². The van der Waals surface area contributed by atoms with Gasteiger partial charge in [-0.2, -0.15) is 0 Å². The number of rotatable bonds is 6. The topological polar surface area (TPSA) is 58.8 Å². The molecule has 5 rings (SSSR count). The number of halogens is 2. The highest BCUT2D eigenvalue weighted by Gasteiger charge is 2.35. The van der Waals surface area contributed by atoms with E-state index in [1.807, 2.05) is 36.4 Å². The molecule has 1 aliphatic heterocycles. The van der Waals surface area contributed by atoms with Crippen molar-refractivity contribution in [1.29, 1.82) is 0 Å². The molecule has 1 aromatic heterocycles. The molecule has 160 valence electrons. The zero-order valence-electron chi connectivity index (χ0n) is 17.0. The fourth-order valence-electron chi connectivity index (χ4n) is 3.94. The van der Waals surface area contributed by atoms with E-state index in [4.69, 9.17) is 32.5 Å². The monoisotopic (exact) mass is 457 g/mol. The van der Waals surface area contributed by atoms with Crippen molar-refractivity contribution in [3.63, 3.8) is 0 Å². The Balaban J connectivity index is 1.36. The Morgan fingerprint density at radius 2 is 1.87 bits per heavy atom. The number of carbonyl (C=O) groups excluding carboxylic acids is 1. The fraction of sp³-hybridized carbons (Fsp3) is 0.304. The van der Waals surface area contributed by atoms with Crippen LogP contribution in [0.25, 0.3) is 11.3 Å². The summed E-state index contributed by atoms with van der Waals surface area (Å²) in [7, 11) is 1.39. The minimum Gasteiger partial charge on any atom is -0.465 e. The Hall–Kier alpha value is -2.54. The van der Waals surface area contributed by atoms with Crippen molar-refractivity contribution in [2.24, 2.45) is 0 Å². The smallest absolute Gasteiger partial charge is 0.337 e. The van der Waals surface area contributed by atoms with Gasteiger partial charge in [0.05, 0.1) is 36.1 Å². The molecule has 0 amide bonds. The molecule has 6 nitrogen and oxygen atoms in total. The van der Waals surface area contributed by atoms with Crippen LogP contribution in [0.4, 0.5) is 5.69 Å². The van der Waals surface area contributed by atoms with Crippen LogP contribution < -0.4 is 4.90 Å². The second-order valence-electron chi connectivity index (χ2n) is 7.94. The molecular weight excluding hydrogens is 437 g/mol. The number of nitrogens with zero attached hydrogens (tertiary/aromatic N) is 3. The van der Waals surface area contributed by atoms with E-state index in [1.165, 1.54) is 7.11 Å². The van der Waals surface area contributed by atoms with E-state index in [2.05, 4.69) is 15.0 Å². The number of ether oxygens (including phenoxy) is 1. The van der Waals surface area contributed by atoms with Gasteiger partial charge in [0.15, 0.2) is 0 Å². The van der Waals surface area contributed by atoms with Gasteiger partial charge < -0.3 is 14.2 Å². The van der Waals surface area contributed by atoms with Gasteiger partial charge >= 0.3 is 5.97 Å². The number of methoxy groups -OCH3 is 1. The molecule has 0 N–H and O–H groups in total. The third-order valence-corrected chi connectivity index (χ3v) is 6.35. The third kappa shape index (κ3) is 3.91. The lowest BCUT2D eigenvalue weighted by Gasteiger charge is -2.44. The molecular formula is C23H21Cl2N3O3. The fourth-order valence-corrected chi connectivity index (χ4v) is 4.51. The predicted molar refractivity (Wildman–Crippen MR) is 119 cm³/mol. The van der Waals surface area contributed by atoms with E-state index in [1.54, 1.807) is 6.07 Å². The lowest BCUT2D eigenvalue weighted by atomic mass is 10.0. The number of anilines is 1. The van der Waals surface area contributed by atoms with E-state index in [0.29, 0.717) is 28.1 Å². The van der Waals surface area contributed by atoms with Crippen LogP contribution in [-0.4, -0.2) is 36.5 Å².